The van der Waals surface area contributed by atoms with Crippen molar-refractivity contribution >= 4 is 19.9 Å². The maximum atomic E-state index is 5.63. The number of hydrogen-bond acceptors (Lipinski definition) is 2. The largest absolute Gasteiger partial charge is 0.354 e. The van der Waals surface area contributed by atoms with Gasteiger partial charge in [0.2, 0.25) is 0 Å². The first-order chi connectivity index (χ1) is 5.25. The van der Waals surface area contributed by atoms with E-state index in [2.05, 4.69) is 32.0 Å². The minimum absolute atomic E-state index is 0.266. The fraction of sp³-hybridized carbons (Fsp3) is 0.750. The van der Waals surface area contributed by atoms with Crippen LogP contribution in [0.2, 0.25) is 0 Å². The third-order valence-corrected chi connectivity index (χ3v) is 5.93. The predicted octanol–water partition coefficient (Wildman–Crippen LogP) is 3.62. The standard InChI is InChI=1S/C8H15OPS/c1-4-9-10-5-6-11-8(10)7(2)3/h5-8H,4H2,1-3H3. The Bertz CT molecular complexity index is 147. The highest BCUT2D eigenvalue weighted by Crippen LogP contribution is 2.57. The molecule has 0 N–H and O–H groups in total. The van der Waals surface area contributed by atoms with E-state index in [0.717, 1.165) is 12.5 Å². The zero-order valence-corrected chi connectivity index (χ0v) is 8.99. The molecule has 0 aromatic rings. The molecule has 1 heterocycles. The number of thioether (sulfide) groups is 1. The molecular formula is C8H15OPS. The lowest BCUT2D eigenvalue weighted by molar-refractivity contribution is 0.378. The fourth-order valence-corrected chi connectivity index (χ4v) is 4.65. The molecule has 11 heavy (non-hydrogen) atoms. The molecule has 0 radical (unpaired) electrons. The van der Waals surface area contributed by atoms with E-state index < -0.39 is 0 Å². The van der Waals surface area contributed by atoms with E-state index in [4.69, 9.17) is 4.52 Å². The summed E-state index contributed by atoms with van der Waals surface area (Å²) in [4.78, 5) is 0.699. The lowest BCUT2D eigenvalue weighted by Gasteiger charge is -2.20. The van der Waals surface area contributed by atoms with Crippen LogP contribution in [0.3, 0.4) is 0 Å². The fourth-order valence-electron chi connectivity index (χ4n) is 1.04. The molecule has 0 aliphatic carbocycles. The molecule has 0 fully saturated rings. The van der Waals surface area contributed by atoms with Crippen molar-refractivity contribution in [3.05, 3.63) is 11.2 Å². The van der Waals surface area contributed by atoms with Gasteiger partial charge in [-0.15, -0.1) is 11.8 Å². The zero-order chi connectivity index (χ0) is 8.27. The molecule has 0 saturated carbocycles. The van der Waals surface area contributed by atoms with E-state index >= 15 is 0 Å². The van der Waals surface area contributed by atoms with E-state index in [1.807, 2.05) is 11.8 Å². The third-order valence-electron chi connectivity index (χ3n) is 1.53. The van der Waals surface area contributed by atoms with Crippen LogP contribution in [0.15, 0.2) is 11.2 Å². The first kappa shape index (κ1) is 9.57. The maximum absolute atomic E-state index is 5.63. The lowest BCUT2D eigenvalue weighted by Crippen LogP contribution is -2.06. The third kappa shape index (κ3) is 2.47. The summed E-state index contributed by atoms with van der Waals surface area (Å²) in [7, 11) is -0.266. The quantitative estimate of drug-likeness (QED) is 0.628. The van der Waals surface area contributed by atoms with Crippen molar-refractivity contribution in [2.24, 2.45) is 5.92 Å². The molecule has 2 unspecified atom stereocenters. The molecule has 2 atom stereocenters. The Labute approximate surface area is 74.4 Å². The van der Waals surface area contributed by atoms with Crippen LogP contribution in [0.25, 0.3) is 0 Å². The minimum atomic E-state index is -0.266. The van der Waals surface area contributed by atoms with Gasteiger partial charge in [0.1, 0.15) is 0 Å². The van der Waals surface area contributed by atoms with Crippen molar-refractivity contribution in [2.75, 3.05) is 6.61 Å². The Balaban J connectivity index is 2.42. The number of rotatable bonds is 3. The summed E-state index contributed by atoms with van der Waals surface area (Å²) in [6, 6.07) is 0. The molecular weight excluding hydrogens is 175 g/mol. The van der Waals surface area contributed by atoms with Gasteiger partial charge in [-0.1, -0.05) is 13.8 Å². The van der Waals surface area contributed by atoms with Crippen molar-refractivity contribution < 1.29 is 4.52 Å². The van der Waals surface area contributed by atoms with E-state index in [-0.39, 0.29) is 8.15 Å². The van der Waals surface area contributed by atoms with Crippen molar-refractivity contribution in [2.45, 2.75) is 25.8 Å². The van der Waals surface area contributed by atoms with E-state index in [1.54, 1.807) is 0 Å². The Morgan fingerprint density at radius 2 is 2.36 bits per heavy atom. The van der Waals surface area contributed by atoms with Gasteiger partial charge in [0.25, 0.3) is 0 Å². The van der Waals surface area contributed by atoms with Crippen molar-refractivity contribution in [1.29, 1.82) is 0 Å². The molecule has 1 nitrogen and oxygen atoms in total. The average Bonchev–Trinajstić information content (AvgIpc) is 2.36. The second-order valence-electron chi connectivity index (χ2n) is 2.83. The predicted molar refractivity (Wildman–Crippen MR) is 53.9 cm³/mol. The van der Waals surface area contributed by atoms with Crippen LogP contribution < -0.4 is 0 Å². The summed E-state index contributed by atoms with van der Waals surface area (Å²) in [6.45, 7) is 7.44. The topological polar surface area (TPSA) is 9.23 Å². The van der Waals surface area contributed by atoms with Crippen LogP contribution in [-0.4, -0.2) is 11.6 Å². The minimum Gasteiger partial charge on any atom is -0.354 e. The van der Waals surface area contributed by atoms with Gasteiger partial charge < -0.3 is 4.52 Å². The summed E-state index contributed by atoms with van der Waals surface area (Å²) in [5.41, 5.74) is 0. The highest BCUT2D eigenvalue weighted by Gasteiger charge is 2.26. The molecule has 0 bridgehead atoms. The second kappa shape index (κ2) is 4.49. The van der Waals surface area contributed by atoms with Gasteiger partial charge in [-0.3, -0.25) is 0 Å². The van der Waals surface area contributed by atoms with E-state index in [0.29, 0.717) is 4.99 Å². The molecule has 0 amide bonds. The number of hydrogen-bond donors (Lipinski definition) is 0. The van der Waals surface area contributed by atoms with Crippen LogP contribution in [0.1, 0.15) is 20.8 Å². The Kier molecular flexibility index (Phi) is 3.91. The highest BCUT2D eigenvalue weighted by molar-refractivity contribution is 8.09. The van der Waals surface area contributed by atoms with Gasteiger partial charge in [-0.2, -0.15) is 0 Å². The van der Waals surface area contributed by atoms with Gasteiger partial charge in [0.15, 0.2) is 0 Å². The van der Waals surface area contributed by atoms with Crippen LogP contribution in [0.4, 0.5) is 0 Å². The summed E-state index contributed by atoms with van der Waals surface area (Å²) in [5.74, 6) is 2.96. The molecule has 64 valence electrons. The molecule has 0 spiro atoms. The molecule has 0 aromatic carbocycles. The van der Waals surface area contributed by atoms with Crippen LogP contribution in [0.5, 0.6) is 0 Å². The highest BCUT2D eigenvalue weighted by atomic mass is 32.2. The average molecular weight is 190 g/mol. The second-order valence-corrected chi connectivity index (χ2v) is 6.07. The smallest absolute Gasteiger partial charge is 0.0673 e. The van der Waals surface area contributed by atoms with Crippen molar-refractivity contribution in [3.8, 4) is 0 Å². The summed E-state index contributed by atoms with van der Waals surface area (Å²) >= 11 is 1.92. The first-order valence-corrected chi connectivity index (χ1v) is 6.33. The maximum Gasteiger partial charge on any atom is 0.0673 e. The van der Waals surface area contributed by atoms with Gasteiger partial charge >= 0.3 is 0 Å². The normalized spacial score (nSPS) is 30.2. The molecule has 0 aromatic heterocycles. The molecule has 0 saturated heterocycles. The van der Waals surface area contributed by atoms with Gasteiger partial charge in [0.05, 0.1) is 13.1 Å². The molecule has 1 aliphatic rings. The monoisotopic (exact) mass is 190 g/mol. The van der Waals surface area contributed by atoms with Crippen molar-refractivity contribution in [1.82, 2.24) is 0 Å². The lowest BCUT2D eigenvalue weighted by atomic mass is 10.3. The Morgan fingerprint density at radius 1 is 1.64 bits per heavy atom. The molecule has 1 rings (SSSR count). The van der Waals surface area contributed by atoms with Gasteiger partial charge in [0, 0.05) is 6.61 Å². The van der Waals surface area contributed by atoms with Gasteiger partial charge in [-0.25, -0.2) is 0 Å². The van der Waals surface area contributed by atoms with Crippen LogP contribution in [0, 0.1) is 5.92 Å². The van der Waals surface area contributed by atoms with E-state index in [1.165, 1.54) is 0 Å². The van der Waals surface area contributed by atoms with Crippen LogP contribution in [-0.2, 0) is 4.52 Å². The Morgan fingerprint density at radius 3 is 2.91 bits per heavy atom. The molecule has 3 heteroatoms. The first-order valence-electron chi connectivity index (χ1n) is 3.99. The van der Waals surface area contributed by atoms with E-state index in [9.17, 15) is 0 Å². The zero-order valence-electron chi connectivity index (χ0n) is 7.28. The molecule has 1 aliphatic heterocycles. The van der Waals surface area contributed by atoms with Crippen molar-refractivity contribution in [3.63, 3.8) is 0 Å². The summed E-state index contributed by atoms with van der Waals surface area (Å²) in [5, 5.41) is 2.19. The Hall–Kier alpha value is 0.480. The van der Waals surface area contributed by atoms with Crippen LogP contribution >= 0.6 is 19.9 Å². The summed E-state index contributed by atoms with van der Waals surface area (Å²) < 4.78 is 5.63. The SMILES string of the molecule is CCOP1C=CSC1C(C)C. The van der Waals surface area contributed by atoms with Gasteiger partial charge in [-0.05, 0) is 24.1 Å². The summed E-state index contributed by atoms with van der Waals surface area (Å²) in [6.07, 6.45) is 0.